The molecule has 9 rings (SSSR count). The fourth-order valence-electron chi connectivity index (χ4n) is 17.4. The van der Waals surface area contributed by atoms with Crippen LogP contribution in [0.5, 0.6) is 0 Å². The van der Waals surface area contributed by atoms with Gasteiger partial charge in [-0.15, -0.1) is 0 Å². The second-order valence-electron chi connectivity index (χ2n) is 21.3. The smallest absolute Gasteiger partial charge is 0.0200 e. The molecular weight excluding hydrogens is 601 g/mol. The molecule has 0 aromatic carbocycles. The Bertz CT molecular complexity index is 1030. The molecule has 8 unspecified atom stereocenters. The van der Waals surface area contributed by atoms with E-state index < -0.39 is 0 Å². The maximum atomic E-state index is 3.01. The zero-order valence-electron chi connectivity index (χ0n) is 33.1. The molecule has 0 heteroatoms. The Labute approximate surface area is 311 Å². The van der Waals surface area contributed by atoms with Gasteiger partial charge in [-0.05, 0) is 192 Å². The molecular formula is C50H82. The van der Waals surface area contributed by atoms with E-state index >= 15 is 0 Å². The number of fused-ring (bicyclic) bond motifs is 3. The van der Waals surface area contributed by atoms with E-state index in [9.17, 15) is 0 Å². The van der Waals surface area contributed by atoms with Gasteiger partial charge in [0.1, 0.15) is 0 Å². The Kier molecular flexibility index (Phi) is 11.8. The second kappa shape index (κ2) is 16.6. The van der Waals surface area contributed by atoms with Crippen LogP contribution in [-0.2, 0) is 0 Å². The summed E-state index contributed by atoms with van der Waals surface area (Å²) in [5.74, 6) is 16.3. The lowest BCUT2D eigenvalue weighted by molar-refractivity contribution is -0.136. The van der Waals surface area contributed by atoms with Gasteiger partial charge in [0.05, 0.1) is 0 Å². The fraction of sp³-hybridized carbons (Fsp3) is 0.960. The zero-order chi connectivity index (χ0) is 33.3. The van der Waals surface area contributed by atoms with Crippen LogP contribution in [0, 0.1) is 88.8 Å². The summed E-state index contributed by atoms with van der Waals surface area (Å²) in [6, 6.07) is 0. The maximum absolute atomic E-state index is 3.01. The lowest BCUT2D eigenvalue weighted by atomic mass is 9.43. The summed E-state index contributed by atoms with van der Waals surface area (Å²) in [4.78, 5) is 0. The molecule has 0 bridgehead atoms. The first-order valence-electron chi connectivity index (χ1n) is 24.5. The van der Waals surface area contributed by atoms with E-state index in [1.165, 1.54) is 70.6 Å². The molecule has 0 nitrogen and oxygen atoms in total. The van der Waals surface area contributed by atoms with E-state index in [1.54, 1.807) is 141 Å². The topological polar surface area (TPSA) is 0 Å². The molecule has 9 saturated carbocycles. The van der Waals surface area contributed by atoms with Gasteiger partial charge in [0.15, 0.2) is 0 Å². The lowest BCUT2D eigenvalue weighted by Gasteiger charge is -2.62. The Morgan fingerprint density at radius 2 is 0.640 bits per heavy atom. The van der Waals surface area contributed by atoms with E-state index in [4.69, 9.17) is 0 Å². The molecule has 0 amide bonds. The highest BCUT2D eigenvalue weighted by Gasteiger charge is 2.57. The lowest BCUT2D eigenvalue weighted by Crippen LogP contribution is -2.55. The normalized spacial score (nSPS) is 45.5. The predicted octanol–water partition coefficient (Wildman–Crippen LogP) is 15.2. The van der Waals surface area contributed by atoms with Gasteiger partial charge < -0.3 is 0 Å². The van der Waals surface area contributed by atoms with Gasteiger partial charge in [0.2, 0.25) is 0 Å². The summed E-state index contributed by atoms with van der Waals surface area (Å²) in [5.41, 5.74) is 2.02. The molecule has 0 aromatic rings. The van der Waals surface area contributed by atoms with Crippen LogP contribution in [-0.4, -0.2) is 0 Å². The zero-order valence-corrected chi connectivity index (χ0v) is 33.1. The van der Waals surface area contributed by atoms with Crippen molar-refractivity contribution in [1.29, 1.82) is 0 Å². The van der Waals surface area contributed by atoms with E-state index in [2.05, 4.69) is 6.08 Å². The van der Waals surface area contributed by atoms with Crippen LogP contribution in [0.2, 0.25) is 0 Å². The van der Waals surface area contributed by atoms with Crippen LogP contribution >= 0.6 is 0 Å². The molecule has 282 valence electrons. The summed E-state index contributed by atoms with van der Waals surface area (Å²) >= 11 is 0. The third kappa shape index (κ3) is 7.27. The van der Waals surface area contributed by atoms with E-state index in [0.717, 1.165) is 88.8 Å². The fourth-order valence-corrected chi connectivity index (χ4v) is 17.4. The van der Waals surface area contributed by atoms with Gasteiger partial charge in [0, 0.05) is 0 Å². The average molecular weight is 683 g/mol. The second-order valence-corrected chi connectivity index (χ2v) is 21.3. The highest BCUT2D eigenvalue weighted by atomic mass is 14.6. The Morgan fingerprint density at radius 1 is 0.260 bits per heavy atom. The number of allylic oxidation sites excluding steroid dienone is 2. The Hall–Kier alpha value is -0.260. The summed E-state index contributed by atoms with van der Waals surface area (Å²) in [6.07, 6.45) is 54.9. The minimum absolute atomic E-state index is 0.924. The van der Waals surface area contributed by atoms with Crippen molar-refractivity contribution in [2.24, 2.45) is 88.8 Å². The summed E-state index contributed by atoms with van der Waals surface area (Å²) in [7, 11) is 0. The Balaban J connectivity index is 0.931. The quantitative estimate of drug-likeness (QED) is 0.245. The summed E-state index contributed by atoms with van der Waals surface area (Å²) in [6.45, 7) is 0. The summed E-state index contributed by atoms with van der Waals surface area (Å²) in [5, 5.41) is 0. The average Bonchev–Trinajstić information content (AvgIpc) is 3.20. The van der Waals surface area contributed by atoms with Crippen molar-refractivity contribution < 1.29 is 0 Å². The molecule has 9 aliphatic rings. The van der Waals surface area contributed by atoms with Crippen molar-refractivity contribution in [2.45, 2.75) is 212 Å². The van der Waals surface area contributed by atoms with Crippen LogP contribution in [0.15, 0.2) is 11.6 Å². The van der Waals surface area contributed by atoms with Gasteiger partial charge in [-0.25, -0.2) is 0 Å². The van der Waals surface area contributed by atoms with Gasteiger partial charge in [-0.2, -0.15) is 0 Å². The van der Waals surface area contributed by atoms with Crippen molar-refractivity contribution in [3.63, 3.8) is 0 Å². The Morgan fingerprint density at radius 3 is 1.16 bits per heavy atom. The third-order valence-corrected chi connectivity index (χ3v) is 19.2. The van der Waals surface area contributed by atoms with Crippen molar-refractivity contribution in [1.82, 2.24) is 0 Å². The van der Waals surface area contributed by atoms with Crippen LogP contribution in [0.25, 0.3) is 0 Å². The van der Waals surface area contributed by atoms with Crippen LogP contribution in [0.1, 0.15) is 212 Å². The van der Waals surface area contributed by atoms with Gasteiger partial charge >= 0.3 is 0 Å². The van der Waals surface area contributed by atoms with E-state index in [1.807, 2.05) is 5.57 Å². The van der Waals surface area contributed by atoms with Crippen molar-refractivity contribution >= 4 is 0 Å². The van der Waals surface area contributed by atoms with E-state index in [-0.39, 0.29) is 0 Å². The predicted molar refractivity (Wildman–Crippen MR) is 213 cm³/mol. The molecule has 0 heterocycles. The molecule has 0 aromatic heterocycles. The summed E-state index contributed by atoms with van der Waals surface area (Å²) < 4.78 is 0. The molecule has 0 N–H and O–H groups in total. The first kappa shape index (κ1) is 35.4. The molecule has 0 spiro atoms. The van der Waals surface area contributed by atoms with E-state index in [0.29, 0.717) is 0 Å². The highest BCUT2D eigenvalue weighted by molar-refractivity contribution is 5.15. The molecule has 0 radical (unpaired) electrons. The van der Waals surface area contributed by atoms with Crippen molar-refractivity contribution in [3.8, 4) is 0 Å². The first-order valence-corrected chi connectivity index (χ1v) is 24.5. The van der Waals surface area contributed by atoms with Crippen molar-refractivity contribution in [2.75, 3.05) is 0 Å². The molecule has 0 saturated heterocycles. The molecule has 8 atom stereocenters. The number of hydrogen-bond acceptors (Lipinski definition) is 0. The van der Waals surface area contributed by atoms with Gasteiger partial charge in [-0.1, -0.05) is 121 Å². The number of rotatable bonds is 6. The number of hydrogen-bond donors (Lipinski definition) is 0. The third-order valence-electron chi connectivity index (χ3n) is 19.2. The van der Waals surface area contributed by atoms with Gasteiger partial charge in [0.25, 0.3) is 0 Å². The minimum Gasteiger partial charge on any atom is -0.0817 e. The monoisotopic (exact) mass is 683 g/mol. The first-order chi connectivity index (χ1) is 24.8. The van der Waals surface area contributed by atoms with Crippen LogP contribution in [0.4, 0.5) is 0 Å². The SMILES string of the molecule is C(=C(C1CCCCC1)C1CCCCC1)C1CCC(C2C3CCCCC3C(C3CCC(C4CCCCC4)C4CCCCC43)C3CCCCC32)CC1. The van der Waals surface area contributed by atoms with Crippen molar-refractivity contribution in [3.05, 3.63) is 11.6 Å². The maximum Gasteiger partial charge on any atom is -0.0200 e. The standard InChI is InChI=1S/C50H82/c1-4-16-36(17-5-1)40-32-33-47(42-23-11-10-22-41(40)42)50-45-26-14-12-24-43(45)49(44-25-13-15-27-46(44)50)39-30-28-35(29-31-39)34-48(37-18-6-2-7-19-37)38-20-8-3-9-21-38/h34-47,49-50H,1-33H2. The molecule has 50 heavy (non-hydrogen) atoms. The minimum atomic E-state index is 0.924. The highest BCUT2D eigenvalue weighted by Crippen LogP contribution is 2.65. The van der Waals surface area contributed by atoms with Crippen LogP contribution in [0.3, 0.4) is 0 Å². The molecule has 9 aliphatic carbocycles. The van der Waals surface area contributed by atoms with Crippen LogP contribution < -0.4 is 0 Å². The molecule has 9 fully saturated rings. The molecule has 0 aliphatic heterocycles. The van der Waals surface area contributed by atoms with Gasteiger partial charge in [-0.3, -0.25) is 0 Å². The largest absolute Gasteiger partial charge is 0.0817 e.